The third-order valence-electron chi connectivity index (χ3n) is 3.61. The van der Waals surface area contributed by atoms with E-state index in [0.29, 0.717) is 6.04 Å². The maximum absolute atomic E-state index is 4.24. The van der Waals surface area contributed by atoms with Crippen LogP contribution in [-0.2, 0) is 0 Å². The second-order valence-electron chi connectivity index (χ2n) is 5.36. The van der Waals surface area contributed by atoms with E-state index in [0.717, 1.165) is 0 Å². The third-order valence-corrected chi connectivity index (χ3v) is 3.61. The Kier molecular flexibility index (Phi) is 5.00. The normalized spacial score (nSPS) is 21.6. The fraction of sp³-hybridized carbons (Fsp3) is 0.667. The topological polar surface area (TPSA) is 28.2 Å². The maximum Gasteiger partial charge on any atom is 0.0531 e. The Bertz CT molecular complexity index is 365. The van der Waals surface area contributed by atoms with Gasteiger partial charge in [0, 0.05) is 25.0 Å². The maximum atomic E-state index is 4.24. The Morgan fingerprint density at radius 3 is 3.00 bits per heavy atom. The molecule has 1 N–H and O–H groups in total. The lowest BCUT2D eigenvalue weighted by molar-refractivity contribution is 0.285. The molecule has 1 aromatic rings. The SMILES string of the molecule is CCCN1CCCC(Nc2cncc(C)c2)CC1. The van der Waals surface area contributed by atoms with E-state index in [1.165, 1.54) is 56.6 Å². The summed E-state index contributed by atoms with van der Waals surface area (Å²) in [6.45, 7) is 8.09. The molecule has 0 aromatic carbocycles. The summed E-state index contributed by atoms with van der Waals surface area (Å²) >= 11 is 0. The van der Waals surface area contributed by atoms with E-state index in [2.05, 4.69) is 35.1 Å². The molecule has 0 aliphatic carbocycles. The van der Waals surface area contributed by atoms with Gasteiger partial charge in [-0.15, -0.1) is 0 Å². The zero-order chi connectivity index (χ0) is 12.8. The number of rotatable bonds is 4. The van der Waals surface area contributed by atoms with Gasteiger partial charge >= 0.3 is 0 Å². The van der Waals surface area contributed by atoms with Crippen molar-refractivity contribution in [2.75, 3.05) is 25.0 Å². The molecule has 2 rings (SSSR count). The minimum atomic E-state index is 0.607. The molecule has 1 aliphatic heterocycles. The highest BCUT2D eigenvalue weighted by molar-refractivity contribution is 5.43. The van der Waals surface area contributed by atoms with Crippen LogP contribution in [-0.4, -0.2) is 35.6 Å². The molecule has 3 nitrogen and oxygen atoms in total. The average molecular weight is 247 g/mol. The molecule has 1 fully saturated rings. The van der Waals surface area contributed by atoms with Gasteiger partial charge in [0.1, 0.15) is 0 Å². The number of anilines is 1. The molecule has 0 saturated carbocycles. The average Bonchev–Trinajstić information content (AvgIpc) is 2.56. The van der Waals surface area contributed by atoms with Gasteiger partial charge in [-0.2, -0.15) is 0 Å². The minimum absolute atomic E-state index is 0.607. The molecule has 0 bridgehead atoms. The second kappa shape index (κ2) is 6.74. The van der Waals surface area contributed by atoms with Crippen molar-refractivity contribution < 1.29 is 0 Å². The molecule has 1 aliphatic rings. The minimum Gasteiger partial charge on any atom is -0.381 e. The summed E-state index contributed by atoms with van der Waals surface area (Å²) in [7, 11) is 0. The number of hydrogen-bond donors (Lipinski definition) is 1. The Morgan fingerprint density at radius 2 is 2.22 bits per heavy atom. The first-order chi connectivity index (χ1) is 8.78. The van der Waals surface area contributed by atoms with Gasteiger partial charge in [0.15, 0.2) is 0 Å². The lowest BCUT2D eigenvalue weighted by Crippen LogP contribution is -2.27. The molecule has 0 radical (unpaired) electrons. The molecule has 1 saturated heterocycles. The van der Waals surface area contributed by atoms with Crippen LogP contribution in [0.4, 0.5) is 5.69 Å². The Morgan fingerprint density at radius 1 is 1.33 bits per heavy atom. The first kappa shape index (κ1) is 13.3. The van der Waals surface area contributed by atoms with Crippen molar-refractivity contribution in [2.24, 2.45) is 0 Å². The van der Waals surface area contributed by atoms with Gasteiger partial charge in [-0.1, -0.05) is 6.92 Å². The lowest BCUT2D eigenvalue weighted by Gasteiger charge is -2.20. The molecule has 2 heterocycles. The number of aryl methyl sites for hydroxylation is 1. The van der Waals surface area contributed by atoms with Crippen molar-refractivity contribution in [3.05, 3.63) is 24.0 Å². The Labute approximate surface area is 111 Å². The monoisotopic (exact) mass is 247 g/mol. The van der Waals surface area contributed by atoms with Crippen LogP contribution in [0.15, 0.2) is 18.5 Å². The van der Waals surface area contributed by atoms with Gasteiger partial charge in [-0.25, -0.2) is 0 Å². The van der Waals surface area contributed by atoms with Crippen LogP contribution in [0.25, 0.3) is 0 Å². The molecule has 18 heavy (non-hydrogen) atoms. The van der Waals surface area contributed by atoms with E-state index >= 15 is 0 Å². The van der Waals surface area contributed by atoms with Gasteiger partial charge < -0.3 is 10.2 Å². The first-order valence-electron chi connectivity index (χ1n) is 7.18. The number of nitrogens with zero attached hydrogens (tertiary/aromatic N) is 2. The molecule has 1 atom stereocenters. The van der Waals surface area contributed by atoms with E-state index in [9.17, 15) is 0 Å². The van der Waals surface area contributed by atoms with E-state index in [1.54, 1.807) is 0 Å². The fourth-order valence-electron chi connectivity index (χ4n) is 2.71. The zero-order valence-electron chi connectivity index (χ0n) is 11.7. The van der Waals surface area contributed by atoms with E-state index in [1.807, 2.05) is 12.4 Å². The molecular weight excluding hydrogens is 222 g/mol. The summed E-state index contributed by atoms with van der Waals surface area (Å²) in [6.07, 6.45) is 8.92. The van der Waals surface area contributed by atoms with Crippen LogP contribution in [0.1, 0.15) is 38.2 Å². The number of pyridine rings is 1. The van der Waals surface area contributed by atoms with Crippen LogP contribution in [0, 0.1) is 6.92 Å². The molecule has 0 amide bonds. The first-order valence-corrected chi connectivity index (χ1v) is 7.18. The molecule has 1 unspecified atom stereocenters. The quantitative estimate of drug-likeness (QED) is 0.886. The van der Waals surface area contributed by atoms with Gasteiger partial charge in [-0.3, -0.25) is 4.98 Å². The van der Waals surface area contributed by atoms with Crippen LogP contribution >= 0.6 is 0 Å². The Hall–Kier alpha value is -1.09. The molecular formula is C15H25N3. The van der Waals surface area contributed by atoms with Crippen molar-refractivity contribution in [3.63, 3.8) is 0 Å². The van der Waals surface area contributed by atoms with Gasteiger partial charge in [-0.05, 0) is 57.3 Å². The third kappa shape index (κ3) is 3.98. The fourth-order valence-corrected chi connectivity index (χ4v) is 2.71. The van der Waals surface area contributed by atoms with Crippen molar-refractivity contribution >= 4 is 5.69 Å². The summed E-state index contributed by atoms with van der Waals surface area (Å²) in [5.41, 5.74) is 2.39. The van der Waals surface area contributed by atoms with Crippen molar-refractivity contribution in [2.45, 2.75) is 45.6 Å². The number of hydrogen-bond acceptors (Lipinski definition) is 3. The van der Waals surface area contributed by atoms with Gasteiger partial charge in [0.25, 0.3) is 0 Å². The van der Waals surface area contributed by atoms with Gasteiger partial charge in [0.05, 0.1) is 5.69 Å². The Balaban J connectivity index is 1.87. The standard InChI is InChI=1S/C15H25N3/c1-3-7-18-8-4-5-14(6-9-18)17-15-10-13(2)11-16-12-15/h10-12,14,17H,3-9H2,1-2H3. The summed E-state index contributed by atoms with van der Waals surface area (Å²) in [5.74, 6) is 0. The smallest absolute Gasteiger partial charge is 0.0531 e. The highest BCUT2D eigenvalue weighted by Crippen LogP contribution is 2.17. The number of aromatic nitrogens is 1. The van der Waals surface area contributed by atoms with Crippen LogP contribution in [0.3, 0.4) is 0 Å². The number of nitrogens with one attached hydrogen (secondary N) is 1. The summed E-state index contributed by atoms with van der Waals surface area (Å²) < 4.78 is 0. The van der Waals surface area contributed by atoms with Gasteiger partial charge in [0.2, 0.25) is 0 Å². The molecule has 100 valence electrons. The van der Waals surface area contributed by atoms with Crippen molar-refractivity contribution in [1.29, 1.82) is 0 Å². The zero-order valence-corrected chi connectivity index (χ0v) is 11.7. The van der Waals surface area contributed by atoms with Crippen LogP contribution in [0.5, 0.6) is 0 Å². The predicted molar refractivity (Wildman–Crippen MR) is 77.0 cm³/mol. The summed E-state index contributed by atoms with van der Waals surface area (Å²) in [4.78, 5) is 6.84. The molecule has 3 heteroatoms. The van der Waals surface area contributed by atoms with Crippen LogP contribution < -0.4 is 5.32 Å². The highest BCUT2D eigenvalue weighted by Gasteiger charge is 2.16. The summed E-state index contributed by atoms with van der Waals surface area (Å²) in [6, 6.07) is 2.79. The van der Waals surface area contributed by atoms with Crippen molar-refractivity contribution in [1.82, 2.24) is 9.88 Å². The van der Waals surface area contributed by atoms with E-state index in [4.69, 9.17) is 0 Å². The highest BCUT2D eigenvalue weighted by atomic mass is 15.1. The second-order valence-corrected chi connectivity index (χ2v) is 5.36. The predicted octanol–water partition coefficient (Wildman–Crippen LogP) is 3.07. The van der Waals surface area contributed by atoms with E-state index in [-0.39, 0.29) is 0 Å². The van der Waals surface area contributed by atoms with Crippen LogP contribution in [0.2, 0.25) is 0 Å². The largest absolute Gasteiger partial charge is 0.381 e. The molecule has 1 aromatic heterocycles. The number of likely N-dealkylation sites (tertiary alicyclic amines) is 1. The molecule has 0 spiro atoms. The summed E-state index contributed by atoms with van der Waals surface area (Å²) in [5, 5.41) is 3.64. The van der Waals surface area contributed by atoms with Crippen molar-refractivity contribution in [3.8, 4) is 0 Å². The van der Waals surface area contributed by atoms with E-state index < -0.39 is 0 Å². The lowest BCUT2D eigenvalue weighted by atomic mass is 10.1.